The predicted molar refractivity (Wildman–Crippen MR) is 79.1 cm³/mol. The number of benzene rings is 1. The molecule has 0 saturated carbocycles. The zero-order valence-electron chi connectivity index (χ0n) is 10.6. The molecule has 2 rings (SSSR count). The van der Waals surface area contributed by atoms with Gasteiger partial charge in [-0.3, -0.25) is 0 Å². The molecule has 0 aliphatic carbocycles. The van der Waals surface area contributed by atoms with Crippen molar-refractivity contribution in [2.24, 2.45) is 0 Å². The molecule has 2 aromatic rings. The smallest absolute Gasteiger partial charge is 0.295 e. The molecule has 0 aliphatic heterocycles. The average molecular weight is 265 g/mol. The Morgan fingerprint density at radius 3 is 3.06 bits per heavy atom. The van der Waals surface area contributed by atoms with E-state index in [0.29, 0.717) is 11.7 Å². The summed E-state index contributed by atoms with van der Waals surface area (Å²) in [5.74, 6) is 1.24. The van der Waals surface area contributed by atoms with Gasteiger partial charge in [-0.05, 0) is 37.0 Å². The van der Waals surface area contributed by atoms with Crippen molar-refractivity contribution in [3.05, 3.63) is 18.2 Å². The maximum atomic E-state index is 5.69. The number of rotatable bonds is 7. The molecule has 1 aromatic heterocycles. The first-order valence-corrected chi connectivity index (χ1v) is 7.58. The SMILES string of the molecule is CSCCCCCNc1nc2ccc(N)cc2o1. The number of hydrogen-bond donors (Lipinski definition) is 2. The molecule has 0 bridgehead atoms. The lowest BCUT2D eigenvalue weighted by atomic mass is 10.2. The van der Waals surface area contributed by atoms with Crippen LogP contribution in [0.2, 0.25) is 0 Å². The number of aromatic nitrogens is 1. The van der Waals surface area contributed by atoms with Crippen LogP contribution in [0.15, 0.2) is 22.6 Å². The van der Waals surface area contributed by atoms with Gasteiger partial charge in [0.2, 0.25) is 0 Å². The number of unbranched alkanes of at least 4 members (excludes halogenated alkanes) is 2. The monoisotopic (exact) mass is 265 g/mol. The molecule has 0 amide bonds. The van der Waals surface area contributed by atoms with Gasteiger partial charge in [-0.25, -0.2) is 0 Å². The normalized spacial score (nSPS) is 10.9. The molecule has 0 fully saturated rings. The minimum Gasteiger partial charge on any atom is -0.423 e. The zero-order valence-corrected chi connectivity index (χ0v) is 11.4. The molecule has 5 heteroatoms. The highest BCUT2D eigenvalue weighted by atomic mass is 32.2. The second kappa shape index (κ2) is 6.54. The van der Waals surface area contributed by atoms with Crippen molar-refractivity contribution in [1.82, 2.24) is 4.98 Å². The standard InChI is InChI=1S/C13H19N3OS/c1-18-8-4-2-3-7-15-13-16-11-6-5-10(14)9-12(11)17-13/h5-6,9H,2-4,7-8,14H2,1H3,(H,15,16). The summed E-state index contributed by atoms with van der Waals surface area (Å²) in [6.45, 7) is 0.899. The number of nitrogens with two attached hydrogens (primary N) is 1. The highest BCUT2D eigenvalue weighted by molar-refractivity contribution is 7.98. The highest BCUT2D eigenvalue weighted by Gasteiger charge is 2.04. The fourth-order valence-corrected chi connectivity index (χ4v) is 2.25. The molecule has 0 saturated heterocycles. The van der Waals surface area contributed by atoms with E-state index in [0.717, 1.165) is 24.1 Å². The lowest BCUT2D eigenvalue weighted by Gasteiger charge is -2.00. The van der Waals surface area contributed by atoms with Crippen LogP contribution in [-0.2, 0) is 0 Å². The molecule has 1 aromatic carbocycles. The Morgan fingerprint density at radius 2 is 2.22 bits per heavy atom. The first-order valence-electron chi connectivity index (χ1n) is 6.18. The van der Waals surface area contributed by atoms with E-state index in [1.54, 1.807) is 6.07 Å². The number of anilines is 2. The number of nitrogen functional groups attached to an aromatic ring is 1. The van der Waals surface area contributed by atoms with Crippen molar-refractivity contribution in [1.29, 1.82) is 0 Å². The molecule has 0 unspecified atom stereocenters. The molecular formula is C13H19N3OS. The molecule has 0 radical (unpaired) electrons. The number of fused-ring (bicyclic) bond motifs is 1. The third kappa shape index (κ3) is 3.57. The molecule has 4 nitrogen and oxygen atoms in total. The van der Waals surface area contributed by atoms with Gasteiger partial charge < -0.3 is 15.5 Å². The third-order valence-corrected chi connectivity index (χ3v) is 3.41. The van der Waals surface area contributed by atoms with E-state index in [4.69, 9.17) is 10.2 Å². The van der Waals surface area contributed by atoms with Crippen LogP contribution in [0.3, 0.4) is 0 Å². The number of hydrogen-bond acceptors (Lipinski definition) is 5. The molecule has 0 spiro atoms. The van der Waals surface area contributed by atoms with Crippen LogP contribution in [0.5, 0.6) is 0 Å². The first kappa shape index (κ1) is 13.1. The van der Waals surface area contributed by atoms with E-state index >= 15 is 0 Å². The number of thioether (sulfide) groups is 1. The van der Waals surface area contributed by atoms with Gasteiger partial charge in [-0.1, -0.05) is 6.42 Å². The summed E-state index contributed by atoms with van der Waals surface area (Å²) in [5, 5.41) is 3.21. The molecule has 1 heterocycles. The van der Waals surface area contributed by atoms with Gasteiger partial charge in [-0.2, -0.15) is 16.7 Å². The van der Waals surface area contributed by atoms with Crippen molar-refractivity contribution in [3.63, 3.8) is 0 Å². The van der Waals surface area contributed by atoms with Crippen molar-refractivity contribution >= 4 is 34.6 Å². The van der Waals surface area contributed by atoms with Gasteiger partial charge >= 0.3 is 0 Å². The Hall–Kier alpha value is -1.36. The minimum absolute atomic E-state index is 0.584. The van der Waals surface area contributed by atoms with Crippen molar-refractivity contribution in [3.8, 4) is 0 Å². The molecule has 0 aliphatic rings. The van der Waals surface area contributed by atoms with Crippen LogP contribution in [0.4, 0.5) is 11.7 Å². The van der Waals surface area contributed by atoms with Crippen LogP contribution in [-0.4, -0.2) is 23.5 Å². The quantitative estimate of drug-likeness (QED) is 0.593. The summed E-state index contributed by atoms with van der Waals surface area (Å²) in [6, 6.07) is 6.08. The Balaban J connectivity index is 1.81. The largest absolute Gasteiger partial charge is 0.423 e. The van der Waals surface area contributed by atoms with Crippen LogP contribution in [0.1, 0.15) is 19.3 Å². The fraction of sp³-hybridized carbons (Fsp3) is 0.462. The van der Waals surface area contributed by atoms with Gasteiger partial charge in [0.05, 0.1) is 0 Å². The van der Waals surface area contributed by atoms with E-state index in [1.807, 2.05) is 23.9 Å². The zero-order chi connectivity index (χ0) is 12.8. The Bertz CT molecular complexity index is 498. The van der Waals surface area contributed by atoms with Crippen molar-refractivity contribution < 1.29 is 4.42 Å². The van der Waals surface area contributed by atoms with Crippen LogP contribution < -0.4 is 11.1 Å². The third-order valence-electron chi connectivity index (χ3n) is 2.71. The van der Waals surface area contributed by atoms with Crippen molar-refractivity contribution in [2.75, 3.05) is 29.6 Å². The van der Waals surface area contributed by atoms with Gasteiger partial charge in [0.15, 0.2) is 5.58 Å². The highest BCUT2D eigenvalue weighted by Crippen LogP contribution is 2.21. The average Bonchev–Trinajstić information content (AvgIpc) is 2.75. The summed E-state index contributed by atoms with van der Waals surface area (Å²) in [4.78, 5) is 4.35. The summed E-state index contributed by atoms with van der Waals surface area (Å²) in [7, 11) is 0. The van der Waals surface area contributed by atoms with Gasteiger partial charge in [0, 0.05) is 18.3 Å². The Morgan fingerprint density at radius 1 is 1.33 bits per heavy atom. The molecule has 18 heavy (non-hydrogen) atoms. The Kier molecular flexibility index (Phi) is 4.75. The van der Waals surface area contributed by atoms with E-state index in [-0.39, 0.29) is 0 Å². The number of nitrogens with one attached hydrogen (secondary N) is 1. The molecule has 98 valence electrons. The predicted octanol–water partition coefficient (Wildman–Crippen LogP) is 3.36. The van der Waals surface area contributed by atoms with E-state index in [2.05, 4.69) is 16.6 Å². The summed E-state index contributed by atoms with van der Waals surface area (Å²) in [5.41, 5.74) is 7.97. The van der Waals surface area contributed by atoms with E-state index in [1.165, 1.54) is 18.6 Å². The Labute approximate surface area is 111 Å². The van der Waals surface area contributed by atoms with Gasteiger partial charge in [0.1, 0.15) is 5.52 Å². The van der Waals surface area contributed by atoms with Gasteiger partial charge in [0.25, 0.3) is 6.01 Å². The molecular weight excluding hydrogens is 246 g/mol. The maximum absolute atomic E-state index is 5.69. The summed E-state index contributed by atoms with van der Waals surface area (Å²) >= 11 is 1.90. The lowest BCUT2D eigenvalue weighted by Crippen LogP contribution is -2.01. The van der Waals surface area contributed by atoms with E-state index < -0.39 is 0 Å². The van der Waals surface area contributed by atoms with Gasteiger partial charge in [-0.15, -0.1) is 0 Å². The van der Waals surface area contributed by atoms with Crippen molar-refractivity contribution in [2.45, 2.75) is 19.3 Å². The molecule has 3 N–H and O–H groups in total. The second-order valence-corrected chi connectivity index (χ2v) is 5.21. The van der Waals surface area contributed by atoms with Crippen LogP contribution in [0.25, 0.3) is 11.1 Å². The molecule has 0 atom stereocenters. The summed E-state index contributed by atoms with van der Waals surface area (Å²) < 4.78 is 5.57. The number of oxazole rings is 1. The second-order valence-electron chi connectivity index (χ2n) is 4.23. The van der Waals surface area contributed by atoms with Crippen LogP contribution >= 0.6 is 11.8 Å². The maximum Gasteiger partial charge on any atom is 0.295 e. The topological polar surface area (TPSA) is 64.1 Å². The minimum atomic E-state index is 0.584. The van der Waals surface area contributed by atoms with Crippen LogP contribution in [0, 0.1) is 0 Å². The lowest BCUT2D eigenvalue weighted by molar-refractivity contribution is 0.609. The fourth-order valence-electron chi connectivity index (χ4n) is 1.76. The number of nitrogens with zero attached hydrogens (tertiary/aromatic N) is 1. The summed E-state index contributed by atoms with van der Waals surface area (Å²) in [6.07, 6.45) is 5.79. The first-order chi connectivity index (χ1) is 8.79. The van der Waals surface area contributed by atoms with E-state index in [9.17, 15) is 0 Å².